The van der Waals surface area contributed by atoms with Gasteiger partial charge in [-0.05, 0) is 32.4 Å². The molecule has 1 heterocycles. The van der Waals surface area contributed by atoms with Crippen LogP contribution in [0.5, 0.6) is 0 Å². The van der Waals surface area contributed by atoms with Crippen molar-refractivity contribution in [3.05, 3.63) is 51.9 Å². The summed E-state index contributed by atoms with van der Waals surface area (Å²) < 4.78 is 6.10. The first kappa shape index (κ1) is 18.4. The van der Waals surface area contributed by atoms with E-state index < -0.39 is 11.5 Å². The van der Waals surface area contributed by atoms with E-state index >= 15 is 0 Å². The highest BCUT2D eigenvalue weighted by molar-refractivity contribution is 5.99. The Balaban J connectivity index is 2.52. The maximum absolute atomic E-state index is 12.4. The van der Waals surface area contributed by atoms with Gasteiger partial charge in [0.2, 0.25) is 5.91 Å². The smallest absolute Gasteiger partial charge is 0.360 e. The van der Waals surface area contributed by atoms with Gasteiger partial charge >= 0.3 is 5.97 Å². The zero-order valence-corrected chi connectivity index (χ0v) is 14.5. The summed E-state index contributed by atoms with van der Waals surface area (Å²) >= 11 is 0. The molecule has 132 valence electrons. The summed E-state index contributed by atoms with van der Waals surface area (Å²) in [5, 5.41) is 6.68. The fraction of sp³-hybridized carbons (Fsp3) is 0.333. The molecule has 2 aromatic rings. The molecule has 1 amide bonds. The Morgan fingerprint density at radius 3 is 2.48 bits per heavy atom. The second-order valence-electron chi connectivity index (χ2n) is 5.51. The molecule has 0 radical (unpaired) electrons. The van der Waals surface area contributed by atoms with E-state index in [-0.39, 0.29) is 30.3 Å². The molecule has 0 fully saturated rings. The summed E-state index contributed by atoms with van der Waals surface area (Å²) in [6.45, 7) is 5.62. The molecule has 1 N–H and O–H groups in total. The quantitative estimate of drug-likeness (QED) is 0.814. The number of carbonyl (C=O) groups is 2. The van der Waals surface area contributed by atoms with Crippen LogP contribution < -0.4 is 10.9 Å². The molecule has 25 heavy (non-hydrogen) atoms. The van der Waals surface area contributed by atoms with Crippen molar-refractivity contribution in [1.82, 2.24) is 9.78 Å². The minimum absolute atomic E-state index is 0.0604. The fourth-order valence-corrected chi connectivity index (χ4v) is 2.21. The third-order valence-corrected chi connectivity index (χ3v) is 3.43. The molecule has 0 aliphatic heterocycles. The molecule has 7 heteroatoms. The van der Waals surface area contributed by atoms with Crippen molar-refractivity contribution >= 4 is 17.6 Å². The van der Waals surface area contributed by atoms with Crippen molar-refractivity contribution in [2.75, 3.05) is 11.9 Å². The number of esters is 1. The molecule has 0 aliphatic rings. The SMILES string of the molecule is CCCC(=O)Nc1cc(=O)n(-c2ccc(C)cc2)nc1C(=O)OCC. The predicted molar refractivity (Wildman–Crippen MR) is 94.1 cm³/mol. The van der Waals surface area contributed by atoms with Gasteiger partial charge < -0.3 is 10.1 Å². The predicted octanol–water partition coefficient (Wildman–Crippen LogP) is 2.46. The fourth-order valence-electron chi connectivity index (χ4n) is 2.21. The van der Waals surface area contributed by atoms with Crippen LogP contribution in [-0.4, -0.2) is 28.3 Å². The topological polar surface area (TPSA) is 90.3 Å². The van der Waals surface area contributed by atoms with Gasteiger partial charge in [-0.15, -0.1) is 0 Å². The van der Waals surface area contributed by atoms with E-state index in [1.807, 2.05) is 26.0 Å². The van der Waals surface area contributed by atoms with Gasteiger partial charge in [0.05, 0.1) is 18.0 Å². The van der Waals surface area contributed by atoms with Crippen LogP contribution in [0.1, 0.15) is 42.7 Å². The Labute approximate surface area is 145 Å². The van der Waals surface area contributed by atoms with Crippen molar-refractivity contribution in [2.24, 2.45) is 0 Å². The van der Waals surface area contributed by atoms with E-state index in [4.69, 9.17) is 4.74 Å². The van der Waals surface area contributed by atoms with Gasteiger partial charge in [0.25, 0.3) is 5.56 Å². The maximum Gasteiger partial charge on any atom is 0.360 e. The first-order valence-corrected chi connectivity index (χ1v) is 8.14. The molecule has 0 bridgehead atoms. The molecule has 0 spiro atoms. The summed E-state index contributed by atoms with van der Waals surface area (Å²) in [7, 11) is 0. The Morgan fingerprint density at radius 1 is 1.20 bits per heavy atom. The molecule has 0 atom stereocenters. The molecule has 0 unspecified atom stereocenters. The van der Waals surface area contributed by atoms with Crippen LogP contribution in [-0.2, 0) is 9.53 Å². The van der Waals surface area contributed by atoms with E-state index in [1.165, 1.54) is 6.07 Å². The number of ether oxygens (including phenoxy) is 1. The molecule has 1 aromatic carbocycles. The molecule has 0 saturated carbocycles. The largest absolute Gasteiger partial charge is 0.461 e. The monoisotopic (exact) mass is 343 g/mol. The average molecular weight is 343 g/mol. The van der Waals surface area contributed by atoms with Gasteiger partial charge in [-0.1, -0.05) is 24.6 Å². The standard InChI is InChI=1S/C18H21N3O4/c1-4-6-15(22)19-14-11-16(23)21(13-9-7-12(3)8-10-13)20-17(14)18(24)25-5-2/h7-11H,4-6H2,1-3H3,(H,19,22). The summed E-state index contributed by atoms with van der Waals surface area (Å²) in [4.78, 5) is 36.4. The molecule has 0 aliphatic carbocycles. The minimum atomic E-state index is -0.699. The highest BCUT2D eigenvalue weighted by Crippen LogP contribution is 2.14. The van der Waals surface area contributed by atoms with Crippen LogP contribution in [0.4, 0.5) is 5.69 Å². The van der Waals surface area contributed by atoms with Crippen LogP contribution in [0.2, 0.25) is 0 Å². The number of nitrogens with one attached hydrogen (secondary N) is 1. The third-order valence-electron chi connectivity index (χ3n) is 3.43. The summed E-state index contributed by atoms with van der Waals surface area (Å²) in [6.07, 6.45) is 0.928. The Kier molecular flexibility index (Phi) is 6.05. The number of rotatable bonds is 6. The van der Waals surface area contributed by atoms with Crippen LogP contribution in [0.25, 0.3) is 5.69 Å². The number of hydrogen-bond acceptors (Lipinski definition) is 5. The maximum atomic E-state index is 12.4. The highest BCUT2D eigenvalue weighted by atomic mass is 16.5. The van der Waals surface area contributed by atoms with Crippen molar-refractivity contribution in [2.45, 2.75) is 33.6 Å². The van der Waals surface area contributed by atoms with Crippen LogP contribution in [0, 0.1) is 6.92 Å². The summed E-state index contributed by atoms with van der Waals surface area (Å²) in [5.74, 6) is -0.988. The lowest BCUT2D eigenvalue weighted by atomic mass is 10.2. The molecule has 1 aromatic heterocycles. The first-order chi connectivity index (χ1) is 12.0. The van der Waals surface area contributed by atoms with Gasteiger partial charge in [0, 0.05) is 12.5 Å². The lowest BCUT2D eigenvalue weighted by Gasteiger charge is -2.12. The molecular formula is C18H21N3O4. The normalized spacial score (nSPS) is 10.4. The third kappa shape index (κ3) is 4.53. The number of aromatic nitrogens is 2. The number of amides is 1. The Morgan fingerprint density at radius 2 is 1.88 bits per heavy atom. The van der Waals surface area contributed by atoms with Gasteiger partial charge in [0.15, 0.2) is 5.69 Å². The van der Waals surface area contributed by atoms with Crippen molar-refractivity contribution < 1.29 is 14.3 Å². The number of aryl methyl sites for hydroxylation is 1. The number of nitrogens with zero attached hydrogens (tertiary/aromatic N) is 2. The zero-order chi connectivity index (χ0) is 18.4. The van der Waals surface area contributed by atoms with E-state index in [0.717, 1.165) is 10.2 Å². The van der Waals surface area contributed by atoms with Gasteiger partial charge in [-0.2, -0.15) is 9.78 Å². The van der Waals surface area contributed by atoms with E-state index in [9.17, 15) is 14.4 Å². The van der Waals surface area contributed by atoms with Crippen molar-refractivity contribution in [3.8, 4) is 5.69 Å². The summed E-state index contributed by atoms with van der Waals surface area (Å²) in [5.41, 5.74) is 1.05. The van der Waals surface area contributed by atoms with Crippen molar-refractivity contribution in [3.63, 3.8) is 0 Å². The van der Waals surface area contributed by atoms with Crippen molar-refractivity contribution in [1.29, 1.82) is 0 Å². The number of hydrogen-bond donors (Lipinski definition) is 1. The molecule has 2 rings (SSSR count). The van der Waals surface area contributed by atoms with E-state index in [1.54, 1.807) is 19.1 Å². The van der Waals surface area contributed by atoms with Gasteiger partial charge in [-0.25, -0.2) is 4.79 Å². The lowest BCUT2D eigenvalue weighted by molar-refractivity contribution is -0.116. The zero-order valence-electron chi connectivity index (χ0n) is 14.5. The van der Waals surface area contributed by atoms with Crippen LogP contribution in [0.3, 0.4) is 0 Å². The van der Waals surface area contributed by atoms with E-state index in [2.05, 4.69) is 10.4 Å². The second-order valence-corrected chi connectivity index (χ2v) is 5.51. The Bertz CT molecular complexity index is 825. The van der Waals surface area contributed by atoms with Crippen LogP contribution in [0.15, 0.2) is 35.1 Å². The van der Waals surface area contributed by atoms with E-state index in [0.29, 0.717) is 12.1 Å². The number of carbonyl (C=O) groups excluding carboxylic acids is 2. The molecule has 0 saturated heterocycles. The lowest BCUT2D eigenvalue weighted by Crippen LogP contribution is -2.27. The first-order valence-electron chi connectivity index (χ1n) is 8.14. The second kappa shape index (κ2) is 8.23. The number of benzene rings is 1. The highest BCUT2D eigenvalue weighted by Gasteiger charge is 2.19. The molecular weight excluding hydrogens is 322 g/mol. The minimum Gasteiger partial charge on any atom is -0.461 e. The Hall–Kier alpha value is -2.96. The average Bonchev–Trinajstić information content (AvgIpc) is 2.56. The molecule has 7 nitrogen and oxygen atoms in total. The van der Waals surface area contributed by atoms with Gasteiger partial charge in [0.1, 0.15) is 0 Å². The van der Waals surface area contributed by atoms with Gasteiger partial charge in [-0.3, -0.25) is 9.59 Å². The number of anilines is 1. The summed E-state index contributed by atoms with van der Waals surface area (Å²) in [6, 6.07) is 8.32. The van der Waals surface area contributed by atoms with Crippen LogP contribution >= 0.6 is 0 Å².